The molecule has 1 heterocycles. The monoisotopic (exact) mass is 305 g/mol. The summed E-state index contributed by atoms with van der Waals surface area (Å²) < 4.78 is 13.8. The van der Waals surface area contributed by atoms with E-state index in [4.69, 9.17) is 5.73 Å². The number of hydrogen-bond donors (Lipinski definition) is 1. The number of amides is 1. The van der Waals surface area contributed by atoms with Crippen LogP contribution in [0.15, 0.2) is 29.6 Å². The minimum absolute atomic E-state index is 0.0222. The molecule has 1 fully saturated rings. The first-order valence-corrected chi connectivity index (χ1v) is 7.74. The maximum absolute atomic E-state index is 13.8. The summed E-state index contributed by atoms with van der Waals surface area (Å²) in [4.78, 5) is 18.3. The van der Waals surface area contributed by atoms with Gasteiger partial charge in [0.05, 0.1) is 12.1 Å². The third-order valence-corrected chi connectivity index (χ3v) is 4.23. The quantitative estimate of drug-likeness (QED) is 0.923. The van der Waals surface area contributed by atoms with Crippen LogP contribution in [0, 0.1) is 5.82 Å². The van der Waals surface area contributed by atoms with Crippen LogP contribution < -0.4 is 5.73 Å². The predicted octanol–water partition coefficient (Wildman–Crippen LogP) is 2.60. The number of hydrogen-bond acceptors (Lipinski definition) is 4. The van der Waals surface area contributed by atoms with Gasteiger partial charge in [0.25, 0.3) is 0 Å². The van der Waals surface area contributed by atoms with Gasteiger partial charge in [0.1, 0.15) is 5.82 Å². The summed E-state index contributed by atoms with van der Waals surface area (Å²) in [5.41, 5.74) is 6.81. The Balaban J connectivity index is 1.72. The molecule has 1 aromatic carbocycles. The number of benzene rings is 1. The van der Waals surface area contributed by atoms with Crippen molar-refractivity contribution in [1.82, 2.24) is 9.88 Å². The summed E-state index contributed by atoms with van der Waals surface area (Å²) in [5.74, 6) is -0.292. The number of halogens is 1. The van der Waals surface area contributed by atoms with Gasteiger partial charge in [-0.15, -0.1) is 11.3 Å². The average molecular weight is 305 g/mol. The first-order valence-electron chi connectivity index (χ1n) is 6.86. The number of anilines is 1. The van der Waals surface area contributed by atoms with Gasteiger partial charge in [-0.25, -0.2) is 9.37 Å². The van der Waals surface area contributed by atoms with Crippen LogP contribution >= 0.6 is 11.3 Å². The Morgan fingerprint density at radius 1 is 1.43 bits per heavy atom. The van der Waals surface area contributed by atoms with Crippen LogP contribution in [0.2, 0.25) is 0 Å². The second-order valence-corrected chi connectivity index (χ2v) is 6.09. The number of aromatic nitrogens is 1. The van der Waals surface area contributed by atoms with Crippen molar-refractivity contribution in [2.75, 3.05) is 5.73 Å². The van der Waals surface area contributed by atoms with Crippen LogP contribution in [0.25, 0.3) is 0 Å². The minimum Gasteiger partial charge on any atom is -0.375 e. The summed E-state index contributed by atoms with van der Waals surface area (Å²) in [6, 6.07) is 6.81. The Morgan fingerprint density at radius 3 is 2.81 bits per heavy atom. The van der Waals surface area contributed by atoms with Crippen LogP contribution in [0.5, 0.6) is 0 Å². The molecule has 4 nitrogen and oxygen atoms in total. The molecule has 1 amide bonds. The van der Waals surface area contributed by atoms with Crippen LogP contribution in [0.3, 0.4) is 0 Å². The molecule has 3 rings (SSSR count). The predicted molar refractivity (Wildman–Crippen MR) is 80.2 cm³/mol. The van der Waals surface area contributed by atoms with Crippen molar-refractivity contribution < 1.29 is 9.18 Å². The van der Waals surface area contributed by atoms with E-state index in [0.29, 0.717) is 22.9 Å². The molecule has 0 radical (unpaired) electrons. The van der Waals surface area contributed by atoms with Gasteiger partial charge in [-0.2, -0.15) is 0 Å². The molecule has 1 aliphatic rings. The lowest BCUT2D eigenvalue weighted by atomic mass is 10.2. The zero-order valence-corrected chi connectivity index (χ0v) is 12.3. The Bertz CT molecular complexity index is 654. The van der Waals surface area contributed by atoms with Crippen LogP contribution in [0.1, 0.15) is 24.1 Å². The molecule has 1 saturated carbocycles. The first-order chi connectivity index (χ1) is 10.1. The molecular formula is C15H16FN3OS. The fraction of sp³-hybridized carbons (Fsp3) is 0.333. The number of carbonyl (C=O) groups is 1. The van der Waals surface area contributed by atoms with Crippen LogP contribution in [-0.2, 0) is 17.8 Å². The second kappa shape index (κ2) is 5.81. The Kier molecular flexibility index (Phi) is 3.88. The zero-order valence-electron chi connectivity index (χ0n) is 11.5. The van der Waals surface area contributed by atoms with Crippen molar-refractivity contribution in [3.05, 3.63) is 46.7 Å². The largest absolute Gasteiger partial charge is 0.375 e. The van der Waals surface area contributed by atoms with E-state index >= 15 is 0 Å². The highest BCUT2D eigenvalue weighted by Crippen LogP contribution is 2.29. The Morgan fingerprint density at radius 2 is 2.19 bits per heavy atom. The summed E-state index contributed by atoms with van der Waals surface area (Å²) in [6.07, 6.45) is 2.19. The molecule has 0 atom stereocenters. The molecule has 21 heavy (non-hydrogen) atoms. The molecule has 2 N–H and O–H groups in total. The van der Waals surface area contributed by atoms with Gasteiger partial charge in [-0.1, -0.05) is 18.2 Å². The lowest BCUT2D eigenvalue weighted by molar-refractivity contribution is -0.131. The minimum atomic E-state index is -0.270. The average Bonchev–Trinajstić information content (AvgIpc) is 3.21. The van der Waals surface area contributed by atoms with E-state index in [2.05, 4.69) is 4.98 Å². The number of nitrogen functional groups attached to an aromatic ring is 1. The van der Waals surface area contributed by atoms with E-state index in [1.165, 1.54) is 17.4 Å². The maximum Gasteiger partial charge on any atom is 0.229 e. The Labute approximate surface area is 126 Å². The third-order valence-electron chi connectivity index (χ3n) is 3.51. The molecular weight excluding hydrogens is 289 g/mol. The standard InChI is InChI=1S/C15H16FN3OS/c16-13-4-2-1-3-10(13)8-19(12-5-6-12)14(20)7-11-9-21-15(17)18-11/h1-4,9,12H,5-8H2,(H2,17,18). The first kappa shape index (κ1) is 14.0. The third kappa shape index (κ3) is 3.39. The molecule has 0 aliphatic heterocycles. The normalized spacial score (nSPS) is 14.1. The fourth-order valence-corrected chi connectivity index (χ4v) is 2.84. The van der Waals surface area contributed by atoms with Gasteiger partial charge in [0.2, 0.25) is 5.91 Å². The van der Waals surface area contributed by atoms with Crippen LogP contribution in [0.4, 0.5) is 9.52 Å². The van der Waals surface area contributed by atoms with Gasteiger partial charge >= 0.3 is 0 Å². The molecule has 1 aliphatic carbocycles. The number of carbonyl (C=O) groups excluding carboxylic acids is 1. The molecule has 0 saturated heterocycles. The maximum atomic E-state index is 13.8. The van der Waals surface area contributed by atoms with E-state index in [1.807, 2.05) is 0 Å². The van der Waals surface area contributed by atoms with Gasteiger partial charge < -0.3 is 10.6 Å². The number of rotatable bonds is 5. The van der Waals surface area contributed by atoms with E-state index in [1.54, 1.807) is 28.5 Å². The molecule has 2 aromatic rings. The number of nitrogens with two attached hydrogens (primary N) is 1. The molecule has 0 bridgehead atoms. The van der Waals surface area contributed by atoms with E-state index in [9.17, 15) is 9.18 Å². The van der Waals surface area contributed by atoms with Crippen molar-refractivity contribution in [2.45, 2.75) is 31.8 Å². The summed E-state index contributed by atoms with van der Waals surface area (Å²) in [5, 5.41) is 2.26. The smallest absolute Gasteiger partial charge is 0.229 e. The highest BCUT2D eigenvalue weighted by Gasteiger charge is 2.33. The highest BCUT2D eigenvalue weighted by atomic mass is 32.1. The van der Waals surface area contributed by atoms with E-state index < -0.39 is 0 Å². The molecule has 110 valence electrons. The topological polar surface area (TPSA) is 59.2 Å². The summed E-state index contributed by atoms with van der Waals surface area (Å²) >= 11 is 1.32. The molecule has 6 heteroatoms. The van der Waals surface area contributed by atoms with Crippen molar-refractivity contribution in [3.63, 3.8) is 0 Å². The van der Waals surface area contributed by atoms with Gasteiger partial charge in [0.15, 0.2) is 5.13 Å². The van der Waals surface area contributed by atoms with Crippen molar-refractivity contribution in [1.29, 1.82) is 0 Å². The van der Waals surface area contributed by atoms with E-state index in [-0.39, 0.29) is 24.2 Å². The SMILES string of the molecule is Nc1nc(CC(=O)N(Cc2ccccc2F)C2CC2)cs1. The lowest BCUT2D eigenvalue weighted by Crippen LogP contribution is -2.34. The second-order valence-electron chi connectivity index (χ2n) is 5.20. The van der Waals surface area contributed by atoms with Crippen LogP contribution in [-0.4, -0.2) is 21.8 Å². The fourth-order valence-electron chi connectivity index (χ4n) is 2.28. The number of thiazole rings is 1. The molecule has 0 spiro atoms. The van der Waals surface area contributed by atoms with Gasteiger partial charge in [-0.05, 0) is 18.9 Å². The van der Waals surface area contributed by atoms with Gasteiger partial charge in [-0.3, -0.25) is 4.79 Å². The summed E-state index contributed by atoms with van der Waals surface area (Å²) in [7, 11) is 0. The van der Waals surface area contributed by atoms with E-state index in [0.717, 1.165) is 12.8 Å². The van der Waals surface area contributed by atoms with Crippen molar-refractivity contribution in [2.24, 2.45) is 0 Å². The highest BCUT2D eigenvalue weighted by molar-refractivity contribution is 7.13. The van der Waals surface area contributed by atoms with Gasteiger partial charge in [0, 0.05) is 23.5 Å². The number of nitrogens with zero attached hydrogens (tertiary/aromatic N) is 2. The zero-order chi connectivity index (χ0) is 14.8. The lowest BCUT2D eigenvalue weighted by Gasteiger charge is -2.22. The molecule has 1 aromatic heterocycles. The summed E-state index contributed by atoms with van der Waals surface area (Å²) in [6.45, 7) is 0.315. The molecule has 0 unspecified atom stereocenters. The Hall–Kier alpha value is -1.95. The van der Waals surface area contributed by atoms with Crippen molar-refractivity contribution >= 4 is 22.4 Å². The van der Waals surface area contributed by atoms with Crippen molar-refractivity contribution in [3.8, 4) is 0 Å².